The molecular formula is C13H15N3OS. The van der Waals surface area contributed by atoms with Crippen molar-refractivity contribution in [2.75, 3.05) is 0 Å². The molecule has 0 atom stereocenters. The maximum Gasteiger partial charge on any atom is 0.224 e. The molecule has 0 aliphatic rings. The highest BCUT2D eigenvalue weighted by Gasteiger charge is 2.07. The van der Waals surface area contributed by atoms with Gasteiger partial charge in [0.15, 0.2) is 0 Å². The first-order chi connectivity index (χ1) is 8.79. The van der Waals surface area contributed by atoms with Gasteiger partial charge in [-0.05, 0) is 11.1 Å². The van der Waals surface area contributed by atoms with Gasteiger partial charge in [-0.3, -0.25) is 4.79 Å². The Morgan fingerprint density at radius 2 is 2.11 bits per heavy atom. The molecule has 0 fully saturated rings. The molecule has 94 valence electrons. The number of benzene rings is 1. The van der Waals surface area contributed by atoms with E-state index >= 15 is 0 Å². The van der Waals surface area contributed by atoms with Gasteiger partial charge in [0.1, 0.15) is 0 Å². The Morgan fingerprint density at radius 3 is 2.78 bits per heavy atom. The number of carbonyl (C=O) groups excluding carboxylic acids is 1. The third-order valence-electron chi connectivity index (χ3n) is 2.64. The van der Waals surface area contributed by atoms with Gasteiger partial charge in [-0.1, -0.05) is 24.3 Å². The van der Waals surface area contributed by atoms with E-state index in [4.69, 9.17) is 5.73 Å². The molecule has 0 bridgehead atoms. The van der Waals surface area contributed by atoms with Crippen LogP contribution in [-0.4, -0.2) is 10.9 Å². The Bertz CT molecular complexity index is 511. The van der Waals surface area contributed by atoms with Crippen molar-refractivity contribution >= 4 is 17.2 Å². The predicted molar refractivity (Wildman–Crippen MR) is 72.0 cm³/mol. The van der Waals surface area contributed by atoms with E-state index in [9.17, 15) is 4.79 Å². The van der Waals surface area contributed by atoms with Crippen molar-refractivity contribution in [3.05, 3.63) is 52.0 Å². The molecule has 0 aliphatic heterocycles. The molecule has 0 unspecified atom stereocenters. The van der Waals surface area contributed by atoms with Gasteiger partial charge in [-0.15, -0.1) is 11.3 Å². The summed E-state index contributed by atoms with van der Waals surface area (Å²) in [6, 6.07) is 7.73. The quantitative estimate of drug-likeness (QED) is 0.856. The highest BCUT2D eigenvalue weighted by molar-refractivity contribution is 7.07. The molecule has 1 aromatic carbocycles. The number of thiazole rings is 1. The summed E-state index contributed by atoms with van der Waals surface area (Å²) < 4.78 is 0. The van der Waals surface area contributed by atoms with Crippen molar-refractivity contribution in [1.29, 1.82) is 0 Å². The molecule has 0 spiro atoms. The second-order valence-electron chi connectivity index (χ2n) is 3.91. The molecule has 0 aliphatic carbocycles. The molecule has 1 amide bonds. The fraction of sp³-hybridized carbons (Fsp3) is 0.231. The second-order valence-corrected chi connectivity index (χ2v) is 4.62. The zero-order chi connectivity index (χ0) is 12.8. The van der Waals surface area contributed by atoms with E-state index < -0.39 is 0 Å². The number of rotatable bonds is 5. The van der Waals surface area contributed by atoms with Crippen LogP contribution in [0.25, 0.3) is 0 Å². The lowest BCUT2D eigenvalue weighted by atomic mass is 10.0. The Morgan fingerprint density at radius 1 is 1.33 bits per heavy atom. The number of nitrogens with zero attached hydrogens (tertiary/aromatic N) is 1. The van der Waals surface area contributed by atoms with Crippen molar-refractivity contribution in [3.63, 3.8) is 0 Å². The average Bonchev–Trinajstić information content (AvgIpc) is 2.90. The minimum Gasteiger partial charge on any atom is -0.350 e. The number of nitrogens with one attached hydrogen (secondary N) is 1. The van der Waals surface area contributed by atoms with Gasteiger partial charge < -0.3 is 11.1 Å². The molecule has 2 aromatic rings. The Labute approximate surface area is 110 Å². The number of hydrogen-bond donors (Lipinski definition) is 2. The highest BCUT2D eigenvalue weighted by Crippen LogP contribution is 2.08. The monoisotopic (exact) mass is 261 g/mol. The van der Waals surface area contributed by atoms with Crippen LogP contribution in [0.4, 0.5) is 0 Å². The summed E-state index contributed by atoms with van der Waals surface area (Å²) in [7, 11) is 0. The fourth-order valence-electron chi connectivity index (χ4n) is 1.68. The lowest BCUT2D eigenvalue weighted by molar-refractivity contribution is -0.120. The lowest BCUT2D eigenvalue weighted by Crippen LogP contribution is -2.25. The fourth-order valence-corrected chi connectivity index (χ4v) is 2.24. The van der Waals surface area contributed by atoms with Crippen molar-refractivity contribution in [3.8, 4) is 0 Å². The summed E-state index contributed by atoms with van der Waals surface area (Å²) in [5, 5.41) is 4.77. The summed E-state index contributed by atoms with van der Waals surface area (Å²) in [6.07, 6.45) is 0.359. The van der Waals surface area contributed by atoms with Crippen LogP contribution in [0.5, 0.6) is 0 Å². The van der Waals surface area contributed by atoms with Gasteiger partial charge in [-0.2, -0.15) is 0 Å². The summed E-state index contributed by atoms with van der Waals surface area (Å²) in [5.41, 5.74) is 10.3. The number of carbonyl (C=O) groups is 1. The summed E-state index contributed by atoms with van der Waals surface area (Å²) in [4.78, 5) is 15.9. The molecule has 1 heterocycles. The number of hydrogen-bond acceptors (Lipinski definition) is 4. The third-order valence-corrected chi connectivity index (χ3v) is 3.27. The van der Waals surface area contributed by atoms with Crippen LogP contribution in [0, 0.1) is 0 Å². The van der Waals surface area contributed by atoms with Crippen LogP contribution in [0.1, 0.15) is 16.8 Å². The minimum atomic E-state index is -0.0103. The van der Waals surface area contributed by atoms with Crippen LogP contribution in [0.2, 0.25) is 0 Å². The van der Waals surface area contributed by atoms with Gasteiger partial charge in [0.2, 0.25) is 5.91 Å². The minimum absolute atomic E-state index is 0.0103. The van der Waals surface area contributed by atoms with Crippen molar-refractivity contribution in [1.82, 2.24) is 10.3 Å². The zero-order valence-electron chi connectivity index (χ0n) is 9.93. The molecule has 0 saturated carbocycles. The molecule has 2 rings (SSSR count). The number of amides is 1. The Hall–Kier alpha value is -1.72. The van der Waals surface area contributed by atoms with Gasteiger partial charge in [0, 0.05) is 11.9 Å². The second kappa shape index (κ2) is 6.28. The molecule has 0 radical (unpaired) electrons. The van der Waals surface area contributed by atoms with Gasteiger partial charge >= 0.3 is 0 Å². The van der Waals surface area contributed by atoms with E-state index in [1.54, 1.807) is 5.51 Å². The zero-order valence-corrected chi connectivity index (χ0v) is 10.7. The maximum atomic E-state index is 11.8. The normalized spacial score (nSPS) is 10.3. The molecular weight excluding hydrogens is 246 g/mol. The van der Waals surface area contributed by atoms with E-state index in [-0.39, 0.29) is 5.91 Å². The van der Waals surface area contributed by atoms with Crippen LogP contribution in [0.3, 0.4) is 0 Å². The standard InChI is InChI=1S/C13H15N3OS/c14-6-11-4-2-1-3-10(11)5-13(17)15-7-12-8-18-9-16-12/h1-4,8-9H,5-7,14H2,(H,15,17). The largest absolute Gasteiger partial charge is 0.350 e. The highest BCUT2D eigenvalue weighted by atomic mass is 32.1. The van der Waals surface area contributed by atoms with E-state index in [0.717, 1.165) is 16.8 Å². The molecule has 3 N–H and O–H groups in total. The Kier molecular flexibility index (Phi) is 4.44. The molecule has 1 aromatic heterocycles. The topological polar surface area (TPSA) is 68.0 Å². The van der Waals surface area contributed by atoms with E-state index in [2.05, 4.69) is 10.3 Å². The molecule has 0 saturated heterocycles. The van der Waals surface area contributed by atoms with E-state index in [0.29, 0.717) is 19.5 Å². The summed E-state index contributed by atoms with van der Waals surface area (Å²) in [6.45, 7) is 0.933. The molecule has 4 nitrogen and oxygen atoms in total. The van der Waals surface area contributed by atoms with E-state index in [1.807, 2.05) is 29.6 Å². The number of aromatic nitrogens is 1. The smallest absolute Gasteiger partial charge is 0.224 e. The van der Waals surface area contributed by atoms with Crippen LogP contribution in [-0.2, 0) is 24.3 Å². The first-order valence-electron chi connectivity index (χ1n) is 5.70. The van der Waals surface area contributed by atoms with Crippen molar-refractivity contribution in [2.24, 2.45) is 5.73 Å². The predicted octanol–water partition coefficient (Wildman–Crippen LogP) is 1.46. The van der Waals surface area contributed by atoms with Crippen molar-refractivity contribution < 1.29 is 4.79 Å². The maximum absolute atomic E-state index is 11.8. The average molecular weight is 261 g/mol. The Balaban J connectivity index is 1.90. The summed E-state index contributed by atoms with van der Waals surface area (Å²) >= 11 is 1.52. The third kappa shape index (κ3) is 3.38. The van der Waals surface area contributed by atoms with E-state index in [1.165, 1.54) is 11.3 Å². The lowest BCUT2D eigenvalue weighted by Gasteiger charge is -2.07. The SMILES string of the molecule is NCc1ccccc1CC(=O)NCc1cscn1. The van der Waals surface area contributed by atoms with Crippen LogP contribution in [0.15, 0.2) is 35.2 Å². The van der Waals surface area contributed by atoms with Crippen LogP contribution >= 0.6 is 11.3 Å². The van der Waals surface area contributed by atoms with Gasteiger partial charge in [0.05, 0.1) is 24.2 Å². The summed E-state index contributed by atoms with van der Waals surface area (Å²) in [5.74, 6) is -0.0103. The molecule has 5 heteroatoms. The van der Waals surface area contributed by atoms with Crippen molar-refractivity contribution in [2.45, 2.75) is 19.5 Å². The van der Waals surface area contributed by atoms with Gasteiger partial charge in [-0.25, -0.2) is 4.98 Å². The van der Waals surface area contributed by atoms with Gasteiger partial charge in [0.25, 0.3) is 0 Å². The molecule has 18 heavy (non-hydrogen) atoms. The van der Waals surface area contributed by atoms with Crippen LogP contribution < -0.4 is 11.1 Å². The first-order valence-corrected chi connectivity index (χ1v) is 6.64. The first kappa shape index (κ1) is 12.7. The number of nitrogens with two attached hydrogens (primary N) is 1.